The summed E-state index contributed by atoms with van der Waals surface area (Å²) in [5, 5.41) is 33.3. The van der Waals surface area contributed by atoms with E-state index in [0.717, 1.165) is 15.7 Å². The number of fused-ring (bicyclic) bond motifs is 1. The van der Waals surface area contributed by atoms with Gasteiger partial charge in [0.2, 0.25) is 11.8 Å². The van der Waals surface area contributed by atoms with Crippen LogP contribution in [0, 0.1) is 5.41 Å². The zero-order valence-electron chi connectivity index (χ0n) is 26.8. The first-order valence-electron chi connectivity index (χ1n) is 15.4. The number of carboxylic acids is 2. The van der Waals surface area contributed by atoms with Gasteiger partial charge >= 0.3 is 18.0 Å². The number of nitrogens with two attached hydrogens (primary N) is 1. The average molecular weight is 679 g/mol. The summed E-state index contributed by atoms with van der Waals surface area (Å²) in [7, 11) is 0. The molecular formula is C36H34N6O8. The van der Waals surface area contributed by atoms with Crippen molar-refractivity contribution in [3.05, 3.63) is 119 Å². The summed E-state index contributed by atoms with van der Waals surface area (Å²) in [6.45, 7) is 0.640. The maximum Gasteiger partial charge on any atom is 0.330 e. The molecule has 1 fully saturated rings. The van der Waals surface area contributed by atoms with E-state index in [4.69, 9.17) is 11.1 Å². The predicted molar refractivity (Wildman–Crippen MR) is 181 cm³/mol. The van der Waals surface area contributed by atoms with Gasteiger partial charge in [0.15, 0.2) is 6.04 Å². The van der Waals surface area contributed by atoms with Crippen molar-refractivity contribution in [1.82, 2.24) is 20.4 Å². The Labute approximate surface area is 286 Å². The van der Waals surface area contributed by atoms with Crippen molar-refractivity contribution in [2.24, 2.45) is 5.73 Å². The maximum absolute atomic E-state index is 14.2. The van der Waals surface area contributed by atoms with E-state index in [2.05, 4.69) is 10.6 Å². The molecule has 4 aromatic carbocycles. The first-order valence-corrected chi connectivity index (χ1v) is 15.4. The Morgan fingerprint density at radius 1 is 0.860 bits per heavy atom. The highest BCUT2D eigenvalue weighted by atomic mass is 16.4. The van der Waals surface area contributed by atoms with Crippen molar-refractivity contribution in [2.75, 3.05) is 6.54 Å². The molecule has 0 aliphatic carbocycles. The Kier molecular flexibility index (Phi) is 9.92. The van der Waals surface area contributed by atoms with Gasteiger partial charge in [-0.05, 0) is 40.5 Å². The third-order valence-electron chi connectivity index (χ3n) is 8.57. The SMILES string of the molecule is CC1(c2ccc(C(=N)N)cc2)C(=O)N(CC(=O)N[C@@H](CC(=O)O)C(=O)N[C@H](C(=O)O)c2ccccc2)C(=O)N1Cc1ccc2ccccc2c1. The molecule has 7 N–H and O–H groups in total. The number of carbonyl (C=O) groups is 6. The number of carboxylic acid groups (broad SMARTS) is 2. The molecule has 5 amide bonds. The number of amidine groups is 1. The number of aliphatic carboxylic acids is 2. The lowest BCUT2D eigenvalue weighted by molar-refractivity contribution is -0.144. The van der Waals surface area contributed by atoms with Crippen molar-refractivity contribution >= 4 is 52.3 Å². The van der Waals surface area contributed by atoms with Crippen LogP contribution in [0.3, 0.4) is 0 Å². The van der Waals surface area contributed by atoms with Crippen LogP contribution in [0.4, 0.5) is 4.79 Å². The minimum atomic E-state index is -1.74. The quantitative estimate of drug-likeness (QED) is 0.0694. The van der Waals surface area contributed by atoms with E-state index in [0.29, 0.717) is 16.7 Å². The molecule has 14 nitrogen and oxygen atoms in total. The monoisotopic (exact) mass is 678 g/mol. The summed E-state index contributed by atoms with van der Waals surface area (Å²) < 4.78 is 0. The van der Waals surface area contributed by atoms with Crippen molar-refractivity contribution in [1.29, 1.82) is 5.41 Å². The molecule has 0 saturated carbocycles. The van der Waals surface area contributed by atoms with Crippen molar-refractivity contribution in [3.8, 4) is 0 Å². The van der Waals surface area contributed by atoms with Crippen molar-refractivity contribution in [2.45, 2.75) is 37.5 Å². The van der Waals surface area contributed by atoms with Crippen LogP contribution in [-0.4, -0.2) is 74.1 Å². The average Bonchev–Trinajstić information content (AvgIpc) is 3.27. The van der Waals surface area contributed by atoms with Gasteiger partial charge in [0.25, 0.3) is 5.91 Å². The van der Waals surface area contributed by atoms with Gasteiger partial charge in [-0.1, -0.05) is 91.0 Å². The second-order valence-electron chi connectivity index (χ2n) is 11.9. The zero-order valence-corrected chi connectivity index (χ0v) is 26.8. The lowest BCUT2D eigenvalue weighted by Crippen LogP contribution is -2.52. The van der Waals surface area contributed by atoms with E-state index in [-0.39, 0.29) is 17.9 Å². The molecule has 0 radical (unpaired) electrons. The summed E-state index contributed by atoms with van der Waals surface area (Å²) in [5.41, 5.74) is 5.68. The van der Waals surface area contributed by atoms with E-state index >= 15 is 0 Å². The molecule has 0 bridgehead atoms. The van der Waals surface area contributed by atoms with Crippen molar-refractivity contribution < 1.29 is 39.0 Å². The van der Waals surface area contributed by atoms with Crippen molar-refractivity contribution in [3.63, 3.8) is 0 Å². The van der Waals surface area contributed by atoms with Crippen LogP contribution >= 0.6 is 0 Å². The summed E-state index contributed by atoms with van der Waals surface area (Å²) in [4.78, 5) is 80.3. The Balaban J connectivity index is 1.41. The standard InChI is InChI=1S/C36H34N6O8/c1-36(26-15-13-24(14-16-26)31(37)38)34(49)41(35(50)42(36)19-21-11-12-22-7-5-6-10-25(22)17-21)20-28(43)39-27(18-29(44)45)32(46)40-30(33(47)48)23-8-3-2-4-9-23/h2-17,27,30H,18-20H2,1H3,(H3,37,38)(H,39,43)(H,40,46)(H,44,45)(H,47,48)/t27-,30-,36?/m0/s1. The molecule has 14 heteroatoms. The number of nitrogens with zero attached hydrogens (tertiary/aromatic N) is 2. The highest BCUT2D eigenvalue weighted by Gasteiger charge is 2.55. The topological polar surface area (TPSA) is 223 Å². The molecule has 1 unspecified atom stereocenters. The summed E-state index contributed by atoms with van der Waals surface area (Å²) in [6, 6.07) is 23.0. The lowest BCUT2D eigenvalue weighted by atomic mass is 9.89. The number of amides is 5. The fraction of sp³-hybridized carbons (Fsp3) is 0.194. The second kappa shape index (κ2) is 14.3. The highest BCUT2D eigenvalue weighted by molar-refractivity contribution is 6.09. The van der Waals surface area contributed by atoms with Crippen LogP contribution in [0.25, 0.3) is 10.8 Å². The number of benzene rings is 4. The molecule has 0 spiro atoms. The maximum atomic E-state index is 14.2. The Morgan fingerprint density at radius 2 is 1.50 bits per heavy atom. The molecule has 1 aliphatic heterocycles. The molecule has 0 aromatic heterocycles. The van der Waals surface area contributed by atoms with Gasteiger partial charge in [0.1, 0.15) is 24.0 Å². The number of hydrogen-bond donors (Lipinski definition) is 6. The van der Waals surface area contributed by atoms with Gasteiger partial charge in [-0.25, -0.2) is 9.59 Å². The number of carbonyl (C=O) groups excluding carboxylic acids is 4. The normalized spacial score (nSPS) is 16.9. The minimum Gasteiger partial charge on any atom is -0.481 e. The first kappa shape index (κ1) is 34.8. The molecule has 1 heterocycles. The molecule has 1 saturated heterocycles. The molecule has 1 aliphatic rings. The lowest BCUT2D eigenvalue weighted by Gasteiger charge is -2.32. The van der Waals surface area contributed by atoms with Crippen LogP contribution in [0.5, 0.6) is 0 Å². The van der Waals surface area contributed by atoms with Gasteiger partial charge in [0.05, 0.1) is 6.42 Å². The number of hydrogen-bond acceptors (Lipinski definition) is 7. The molecule has 3 atom stereocenters. The van der Waals surface area contributed by atoms with Gasteiger partial charge in [-0.3, -0.25) is 29.5 Å². The molecule has 50 heavy (non-hydrogen) atoms. The van der Waals surface area contributed by atoms with Crippen LogP contribution in [0.1, 0.15) is 41.6 Å². The van der Waals surface area contributed by atoms with Crippen LogP contribution in [0.2, 0.25) is 0 Å². The highest BCUT2D eigenvalue weighted by Crippen LogP contribution is 2.39. The van der Waals surface area contributed by atoms with Gasteiger partial charge in [-0.15, -0.1) is 0 Å². The van der Waals surface area contributed by atoms with Gasteiger partial charge < -0.3 is 31.5 Å². The van der Waals surface area contributed by atoms with E-state index in [1.807, 2.05) is 42.5 Å². The van der Waals surface area contributed by atoms with E-state index in [1.165, 1.54) is 24.0 Å². The number of nitrogen functional groups attached to an aromatic ring is 1. The fourth-order valence-corrected chi connectivity index (χ4v) is 5.88. The number of rotatable bonds is 13. The predicted octanol–water partition coefficient (Wildman–Crippen LogP) is 2.71. The Bertz CT molecular complexity index is 2000. The first-order chi connectivity index (χ1) is 23.8. The molecule has 4 aromatic rings. The number of nitrogens with one attached hydrogen (secondary N) is 3. The fourth-order valence-electron chi connectivity index (χ4n) is 5.88. The Hall–Kier alpha value is -6.57. The molecular weight excluding hydrogens is 644 g/mol. The zero-order chi connectivity index (χ0) is 36.2. The van der Waals surface area contributed by atoms with E-state index in [9.17, 15) is 39.0 Å². The minimum absolute atomic E-state index is 0.0292. The summed E-state index contributed by atoms with van der Waals surface area (Å²) in [6.07, 6.45) is -0.908. The van der Waals surface area contributed by atoms with Crippen LogP contribution < -0.4 is 16.4 Å². The van der Waals surface area contributed by atoms with Gasteiger partial charge in [-0.2, -0.15) is 0 Å². The number of urea groups is 1. The number of imide groups is 1. The van der Waals surface area contributed by atoms with Gasteiger partial charge in [0, 0.05) is 12.1 Å². The van der Waals surface area contributed by atoms with E-state index < -0.39 is 66.3 Å². The van der Waals surface area contributed by atoms with E-state index in [1.54, 1.807) is 42.5 Å². The van der Waals surface area contributed by atoms with Crippen LogP contribution in [0.15, 0.2) is 97.1 Å². The second-order valence-corrected chi connectivity index (χ2v) is 11.9. The largest absolute Gasteiger partial charge is 0.481 e. The molecule has 5 rings (SSSR count). The smallest absolute Gasteiger partial charge is 0.330 e. The summed E-state index contributed by atoms with van der Waals surface area (Å²) >= 11 is 0. The van der Waals surface area contributed by atoms with Crippen LogP contribution in [-0.2, 0) is 36.1 Å². The third-order valence-corrected chi connectivity index (χ3v) is 8.57. The molecule has 256 valence electrons. The third kappa shape index (κ3) is 7.13. The summed E-state index contributed by atoms with van der Waals surface area (Å²) in [5.74, 6) is -5.96. The Morgan fingerprint density at radius 3 is 2.12 bits per heavy atom.